The SMILES string of the molecule is Fc1ccc(CCC(Cl)c2ccccc2)cc1. The molecule has 0 spiro atoms. The van der Waals surface area contributed by atoms with Gasteiger partial charge in [0.15, 0.2) is 0 Å². The summed E-state index contributed by atoms with van der Waals surface area (Å²) in [6.07, 6.45) is 1.72. The van der Waals surface area contributed by atoms with Crippen LogP contribution in [-0.2, 0) is 6.42 Å². The van der Waals surface area contributed by atoms with Gasteiger partial charge in [0.25, 0.3) is 0 Å². The smallest absolute Gasteiger partial charge is 0.123 e. The van der Waals surface area contributed by atoms with Crippen LogP contribution in [0.15, 0.2) is 54.6 Å². The number of aryl methyl sites for hydroxylation is 1. The number of hydrogen-bond donors (Lipinski definition) is 0. The molecule has 0 heterocycles. The summed E-state index contributed by atoms with van der Waals surface area (Å²) >= 11 is 6.31. The van der Waals surface area contributed by atoms with Gasteiger partial charge in [-0.2, -0.15) is 0 Å². The van der Waals surface area contributed by atoms with Crippen LogP contribution < -0.4 is 0 Å². The van der Waals surface area contributed by atoms with Gasteiger partial charge in [0, 0.05) is 0 Å². The quantitative estimate of drug-likeness (QED) is 0.686. The molecule has 0 aromatic heterocycles. The Balaban J connectivity index is 1.92. The summed E-state index contributed by atoms with van der Waals surface area (Å²) in [6, 6.07) is 16.6. The van der Waals surface area contributed by atoms with Crippen LogP contribution in [-0.4, -0.2) is 0 Å². The van der Waals surface area contributed by atoms with Crippen LogP contribution in [0.25, 0.3) is 0 Å². The van der Waals surface area contributed by atoms with Gasteiger partial charge in [-0.1, -0.05) is 42.5 Å². The standard InChI is InChI=1S/C15H14ClF/c16-15(13-4-2-1-3-5-13)11-8-12-6-9-14(17)10-7-12/h1-7,9-10,15H,8,11H2. The normalized spacial score (nSPS) is 12.4. The molecule has 1 unspecified atom stereocenters. The van der Waals surface area contributed by atoms with Gasteiger partial charge in [0.2, 0.25) is 0 Å². The molecule has 17 heavy (non-hydrogen) atoms. The molecule has 0 aliphatic heterocycles. The molecule has 0 bridgehead atoms. The zero-order valence-electron chi connectivity index (χ0n) is 9.44. The lowest BCUT2D eigenvalue weighted by atomic mass is 10.0. The highest BCUT2D eigenvalue weighted by atomic mass is 35.5. The number of alkyl halides is 1. The molecular formula is C15H14ClF. The number of rotatable bonds is 4. The molecule has 0 saturated carbocycles. The van der Waals surface area contributed by atoms with Crippen molar-refractivity contribution in [1.82, 2.24) is 0 Å². The van der Waals surface area contributed by atoms with Crippen LogP contribution in [0.3, 0.4) is 0 Å². The molecule has 0 radical (unpaired) electrons. The van der Waals surface area contributed by atoms with Crippen molar-refractivity contribution in [1.29, 1.82) is 0 Å². The van der Waals surface area contributed by atoms with Crippen molar-refractivity contribution >= 4 is 11.6 Å². The van der Waals surface area contributed by atoms with Crippen molar-refractivity contribution in [3.05, 3.63) is 71.5 Å². The second-order valence-electron chi connectivity index (χ2n) is 4.04. The van der Waals surface area contributed by atoms with Crippen molar-refractivity contribution in [2.45, 2.75) is 18.2 Å². The second-order valence-corrected chi connectivity index (χ2v) is 4.57. The maximum atomic E-state index is 12.7. The molecule has 1 atom stereocenters. The van der Waals surface area contributed by atoms with Crippen LogP contribution in [0, 0.1) is 5.82 Å². The summed E-state index contributed by atoms with van der Waals surface area (Å²) in [5, 5.41) is 0.0150. The Morgan fingerprint density at radius 1 is 0.941 bits per heavy atom. The lowest BCUT2D eigenvalue weighted by molar-refractivity contribution is 0.626. The summed E-state index contributed by atoms with van der Waals surface area (Å²) in [7, 11) is 0. The molecule has 0 nitrogen and oxygen atoms in total. The highest BCUT2D eigenvalue weighted by molar-refractivity contribution is 6.20. The van der Waals surface area contributed by atoms with Crippen molar-refractivity contribution in [2.75, 3.05) is 0 Å². The minimum atomic E-state index is -0.195. The Bertz CT molecular complexity index is 450. The van der Waals surface area contributed by atoms with Crippen molar-refractivity contribution < 1.29 is 4.39 Å². The van der Waals surface area contributed by atoms with E-state index in [1.165, 1.54) is 12.1 Å². The molecule has 0 N–H and O–H groups in total. The van der Waals surface area contributed by atoms with Crippen molar-refractivity contribution in [2.24, 2.45) is 0 Å². The summed E-state index contributed by atoms with van der Waals surface area (Å²) in [5.74, 6) is -0.195. The van der Waals surface area contributed by atoms with Crippen LogP contribution in [0.5, 0.6) is 0 Å². The van der Waals surface area contributed by atoms with Gasteiger partial charge in [-0.05, 0) is 36.1 Å². The van der Waals surface area contributed by atoms with Gasteiger partial charge in [0.1, 0.15) is 5.82 Å². The third-order valence-corrected chi connectivity index (χ3v) is 3.23. The van der Waals surface area contributed by atoms with E-state index < -0.39 is 0 Å². The third kappa shape index (κ3) is 3.57. The Kier molecular flexibility index (Phi) is 4.16. The summed E-state index contributed by atoms with van der Waals surface area (Å²) in [6.45, 7) is 0. The summed E-state index contributed by atoms with van der Waals surface area (Å²) in [4.78, 5) is 0. The van der Waals surface area contributed by atoms with E-state index in [1.807, 2.05) is 42.5 Å². The predicted molar refractivity (Wildman–Crippen MR) is 69.8 cm³/mol. The maximum absolute atomic E-state index is 12.7. The largest absolute Gasteiger partial charge is 0.207 e. The zero-order chi connectivity index (χ0) is 12.1. The molecule has 0 aliphatic carbocycles. The fourth-order valence-corrected chi connectivity index (χ4v) is 2.03. The van der Waals surface area contributed by atoms with Gasteiger partial charge in [0.05, 0.1) is 5.38 Å². The van der Waals surface area contributed by atoms with Crippen LogP contribution in [0.4, 0.5) is 4.39 Å². The molecule has 2 heteroatoms. The van der Waals surface area contributed by atoms with Gasteiger partial charge in [-0.15, -0.1) is 11.6 Å². The summed E-state index contributed by atoms with van der Waals surface area (Å²) < 4.78 is 12.7. The van der Waals surface area contributed by atoms with E-state index in [1.54, 1.807) is 0 Å². The van der Waals surface area contributed by atoms with Crippen molar-refractivity contribution in [3.63, 3.8) is 0 Å². The minimum Gasteiger partial charge on any atom is -0.207 e. The van der Waals surface area contributed by atoms with Gasteiger partial charge < -0.3 is 0 Å². The fraction of sp³-hybridized carbons (Fsp3) is 0.200. The van der Waals surface area contributed by atoms with Crippen LogP contribution >= 0.6 is 11.6 Å². The number of benzene rings is 2. The van der Waals surface area contributed by atoms with E-state index in [9.17, 15) is 4.39 Å². The minimum absolute atomic E-state index is 0.0150. The van der Waals surface area contributed by atoms with E-state index in [-0.39, 0.29) is 11.2 Å². The average Bonchev–Trinajstić information content (AvgIpc) is 2.39. The van der Waals surface area contributed by atoms with E-state index in [4.69, 9.17) is 11.6 Å². The fourth-order valence-electron chi connectivity index (χ4n) is 1.77. The zero-order valence-corrected chi connectivity index (χ0v) is 10.2. The first-order chi connectivity index (χ1) is 8.25. The lowest BCUT2D eigenvalue weighted by Gasteiger charge is -2.09. The van der Waals surface area contributed by atoms with Crippen LogP contribution in [0.2, 0.25) is 0 Å². The van der Waals surface area contributed by atoms with E-state index in [0.717, 1.165) is 24.0 Å². The van der Waals surface area contributed by atoms with E-state index >= 15 is 0 Å². The molecular weight excluding hydrogens is 235 g/mol. The summed E-state index contributed by atoms with van der Waals surface area (Å²) in [5.41, 5.74) is 2.25. The van der Waals surface area contributed by atoms with Gasteiger partial charge in [-0.3, -0.25) is 0 Å². The predicted octanol–water partition coefficient (Wildman–Crippen LogP) is 4.74. The topological polar surface area (TPSA) is 0 Å². The Hall–Kier alpha value is -1.34. The molecule has 0 saturated heterocycles. The molecule has 2 rings (SSSR count). The van der Waals surface area contributed by atoms with Gasteiger partial charge >= 0.3 is 0 Å². The average molecular weight is 249 g/mol. The molecule has 88 valence electrons. The van der Waals surface area contributed by atoms with E-state index in [2.05, 4.69) is 0 Å². The third-order valence-electron chi connectivity index (χ3n) is 2.76. The molecule has 2 aromatic carbocycles. The maximum Gasteiger partial charge on any atom is 0.123 e. The number of hydrogen-bond acceptors (Lipinski definition) is 0. The number of halogens is 2. The first-order valence-electron chi connectivity index (χ1n) is 5.69. The molecule has 0 aliphatic rings. The van der Waals surface area contributed by atoms with E-state index in [0.29, 0.717) is 0 Å². The molecule has 0 fully saturated rings. The first-order valence-corrected chi connectivity index (χ1v) is 6.13. The second kappa shape index (κ2) is 5.83. The highest BCUT2D eigenvalue weighted by Gasteiger charge is 2.07. The Morgan fingerprint density at radius 2 is 1.59 bits per heavy atom. The van der Waals surface area contributed by atoms with Crippen LogP contribution in [0.1, 0.15) is 22.9 Å². The molecule has 2 aromatic rings. The highest BCUT2D eigenvalue weighted by Crippen LogP contribution is 2.25. The Labute approximate surface area is 106 Å². The van der Waals surface area contributed by atoms with Crippen molar-refractivity contribution in [3.8, 4) is 0 Å². The Morgan fingerprint density at radius 3 is 2.24 bits per heavy atom. The molecule has 0 amide bonds. The monoisotopic (exact) mass is 248 g/mol. The first kappa shape index (κ1) is 12.1. The lowest BCUT2D eigenvalue weighted by Crippen LogP contribution is -1.94. The van der Waals surface area contributed by atoms with Gasteiger partial charge in [-0.25, -0.2) is 4.39 Å².